The van der Waals surface area contributed by atoms with E-state index in [4.69, 9.17) is 10.5 Å². The minimum Gasteiger partial charge on any atom is -0.462 e. The smallest absolute Gasteiger partial charge is 0.283 e. The summed E-state index contributed by atoms with van der Waals surface area (Å²) in [5.41, 5.74) is 6.30. The summed E-state index contributed by atoms with van der Waals surface area (Å²) in [5.74, 6) is 5.53. The maximum Gasteiger partial charge on any atom is 0.283 e. The number of benzene rings is 1. The molecule has 2 aromatic heterocycles. The summed E-state index contributed by atoms with van der Waals surface area (Å²) in [6, 6.07) is 7.74. The zero-order valence-electron chi connectivity index (χ0n) is 18.1. The molecular weight excluding hydrogens is 441 g/mol. The zero-order chi connectivity index (χ0) is 23.4. The fourth-order valence-electron chi connectivity index (χ4n) is 4.71. The molecule has 1 aromatic carbocycles. The van der Waals surface area contributed by atoms with Crippen molar-refractivity contribution in [2.45, 2.75) is 43.8 Å². The number of aromatic nitrogens is 2. The molecule has 1 aliphatic heterocycles. The minimum atomic E-state index is -2.93. The Morgan fingerprint density at radius 2 is 2.03 bits per heavy atom. The van der Waals surface area contributed by atoms with Crippen LogP contribution in [0.3, 0.4) is 0 Å². The molecule has 0 bridgehead atoms. The monoisotopic (exact) mass is 462 g/mol. The van der Waals surface area contributed by atoms with Gasteiger partial charge in [0.15, 0.2) is 5.54 Å². The third-order valence-electron chi connectivity index (χ3n) is 6.70. The minimum absolute atomic E-state index is 0.162. The molecule has 0 unspecified atom stereocenters. The number of nitrogens with zero attached hydrogens (tertiary/aromatic N) is 3. The van der Waals surface area contributed by atoms with Crippen molar-refractivity contribution in [3.05, 3.63) is 70.9 Å². The number of alkyl halides is 2. The number of hydrogen-bond acceptors (Lipinski definition) is 5. The fourth-order valence-corrected chi connectivity index (χ4v) is 4.71. The molecule has 8 heteroatoms. The number of aliphatic imine (C=N–C) groups is 1. The van der Waals surface area contributed by atoms with Gasteiger partial charge in [-0.3, -0.25) is 9.97 Å². The predicted octanol–water partition coefficient (Wildman–Crippen LogP) is 4.32. The van der Waals surface area contributed by atoms with E-state index in [1.807, 2.05) is 12.1 Å². The highest BCUT2D eigenvalue weighted by atomic mass is 19.3. The van der Waals surface area contributed by atoms with Crippen LogP contribution in [-0.2, 0) is 16.7 Å². The number of fused-ring (bicyclic) bond motifs is 2. The molecule has 3 heterocycles. The second-order valence-corrected chi connectivity index (χ2v) is 9.16. The topological polar surface area (TPSA) is 73.4 Å². The standard InChI is InChI=1S/C26H21F3N4O/c27-20-6-5-15(10-18(20)26(24(28)29)19-12-22(19)34-25(30)33-26)11-21-23-17(7-8-31-21)9-16(13-32-23)4-3-14-1-2-14/h5-10,13-14,19,22,24H,1-2,11-12H2,(H2,30,33)/t19-,22+,26+/m0/s1. The highest BCUT2D eigenvalue weighted by molar-refractivity contribution is 5.81. The summed E-state index contributed by atoms with van der Waals surface area (Å²) in [6.45, 7) is 0. The summed E-state index contributed by atoms with van der Waals surface area (Å²) >= 11 is 0. The molecule has 172 valence electrons. The summed E-state index contributed by atoms with van der Waals surface area (Å²) < 4.78 is 49.0. The second-order valence-electron chi connectivity index (χ2n) is 9.16. The first kappa shape index (κ1) is 21.0. The molecule has 34 heavy (non-hydrogen) atoms. The van der Waals surface area contributed by atoms with E-state index < -0.39 is 29.8 Å². The highest BCUT2D eigenvalue weighted by Crippen LogP contribution is 2.56. The van der Waals surface area contributed by atoms with E-state index in [9.17, 15) is 13.2 Å². The van der Waals surface area contributed by atoms with Crippen LogP contribution in [0.5, 0.6) is 0 Å². The third kappa shape index (κ3) is 3.56. The molecule has 0 saturated heterocycles. The molecule has 2 fully saturated rings. The first-order chi connectivity index (χ1) is 16.4. The Hall–Kier alpha value is -3.60. The van der Waals surface area contributed by atoms with E-state index >= 15 is 0 Å². The van der Waals surface area contributed by atoms with E-state index in [2.05, 4.69) is 26.8 Å². The lowest BCUT2D eigenvalue weighted by atomic mass is 9.83. The van der Waals surface area contributed by atoms with Crippen LogP contribution < -0.4 is 5.73 Å². The van der Waals surface area contributed by atoms with Gasteiger partial charge in [0.05, 0.1) is 11.2 Å². The first-order valence-corrected chi connectivity index (χ1v) is 11.3. The molecule has 6 rings (SSSR count). The van der Waals surface area contributed by atoms with Gasteiger partial charge in [-0.2, -0.15) is 0 Å². The normalized spacial score (nSPS) is 25.2. The van der Waals surface area contributed by atoms with Gasteiger partial charge in [0.1, 0.15) is 11.9 Å². The van der Waals surface area contributed by atoms with E-state index in [1.165, 1.54) is 12.1 Å². The van der Waals surface area contributed by atoms with Crippen LogP contribution >= 0.6 is 0 Å². The van der Waals surface area contributed by atoms with E-state index in [1.54, 1.807) is 18.5 Å². The van der Waals surface area contributed by atoms with Crippen molar-refractivity contribution in [1.82, 2.24) is 9.97 Å². The molecule has 0 amide bonds. The summed E-state index contributed by atoms with van der Waals surface area (Å²) in [7, 11) is 0. The molecule has 2 N–H and O–H groups in total. The van der Waals surface area contributed by atoms with E-state index in [-0.39, 0.29) is 11.6 Å². The van der Waals surface area contributed by atoms with Crippen LogP contribution in [0.1, 0.15) is 41.6 Å². The number of nitrogens with two attached hydrogens (primary N) is 1. The number of hydrogen-bond donors (Lipinski definition) is 1. The predicted molar refractivity (Wildman–Crippen MR) is 121 cm³/mol. The Morgan fingerprint density at radius 1 is 1.18 bits per heavy atom. The van der Waals surface area contributed by atoms with Crippen molar-refractivity contribution in [1.29, 1.82) is 0 Å². The largest absolute Gasteiger partial charge is 0.462 e. The maximum atomic E-state index is 14.9. The third-order valence-corrected chi connectivity index (χ3v) is 6.70. The van der Waals surface area contributed by atoms with Gasteiger partial charge in [-0.1, -0.05) is 17.9 Å². The summed E-state index contributed by atoms with van der Waals surface area (Å²) in [5, 5.41) is 0.890. The lowest BCUT2D eigenvalue weighted by Crippen LogP contribution is -2.43. The van der Waals surface area contributed by atoms with Crippen molar-refractivity contribution >= 4 is 16.9 Å². The summed E-state index contributed by atoms with van der Waals surface area (Å²) in [4.78, 5) is 13.0. The van der Waals surface area contributed by atoms with Crippen molar-refractivity contribution in [2.24, 2.45) is 22.6 Å². The fraction of sp³-hybridized carbons (Fsp3) is 0.346. The Balaban J connectivity index is 1.37. The number of pyridine rings is 2. The number of ether oxygens (including phenoxy) is 1. The van der Waals surface area contributed by atoms with Gasteiger partial charge in [-0.05, 0) is 49.1 Å². The average Bonchev–Trinajstić information content (AvgIpc) is 3.73. The van der Waals surface area contributed by atoms with Crippen LogP contribution in [-0.4, -0.2) is 28.5 Å². The second kappa shape index (κ2) is 7.73. The van der Waals surface area contributed by atoms with Crippen LogP contribution in [0.4, 0.5) is 13.2 Å². The van der Waals surface area contributed by atoms with Gasteiger partial charge in [0.25, 0.3) is 12.4 Å². The molecule has 3 atom stereocenters. The molecule has 2 saturated carbocycles. The molecular formula is C26H21F3N4O. The zero-order valence-corrected chi connectivity index (χ0v) is 18.1. The van der Waals surface area contributed by atoms with Gasteiger partial charge < -0.3 is 10.5 Å². The number of amidine groups is 1. The summed E-state index contributed by atoms with van der Waals surface area (Å²) in [6.07, 6.45) is 2.98. The van der Waals surface area contributed by atoms with Gasteiger partial charge in [0, 0.05) is 47.2 Å². The van der Waals surface area contributed by atoms with Crippen molar-refractivity contribution in [3.8, 4) is 11.8 Å². The quantitative estimate of drug-likeness (QED) is 0.587. The number of rotatable bonds is 4. The van der Waals surface area contributed by atoms with Crippen molar-refractivity contribution < 1.29 is 17.9 Å². The van der Waals surface area contributed by atoms with Crippen LogP contribution in [0.2, 0.25) is 0 Å². The molecule has 5 nitrogen and oxygen atoms in total. The van der Waals surface area contributed by atoms with Crippen molar-refractivity contribution in [2.75, 3.05) is 0 Å². The molecule has 2 aliphatic carbocycles. The van der Waals surface area contributed by atoms with Gasteiger partial charge in [0.2, 0.25) is 0 Å². The maximum absolute atomic E-state index is 14.9. The lowest BCUT2D eigenvalue weighted by molar-refractivity contribution is 0.0176. The average molecular weight is 462 g/mol. The highest BCUT2D eigenvalue weighted by Gasteiger charge is 2.64. The Kier molecular flexibility index (Phi) is 4.76. The van der Waals surface area contributed by atoms with Gasteiger partial charge in [-0.15, -0.1) is 0 Å². The Bertz CT molecular complexity index is 1390. The van der Waals surface area contributed by atoms with Crippen LogP contribution in [0.25, 0.3) is 10.9 Å². The Morgan fingerprint density at radius 3 is 2.82 bits per heavy atom. The van der Waals surface area contributed by atoms with Gasteiger partial charge >= 0.3 is 0 Å². The molecule has 0 radical (unpaired) electrons. The molecule has 3 aliphatic rings. The number of halogens is 3. The Labute approximate surface area is 194 Å². The van der Waals surface area contributed by atoms with Crippen LogP contribution in [0.15, 0.2) is 47.7 Å². The SMILES string of the molecule is NC1=N[C@@](c2cc(Cc3nccc4cc(C#CC5CC5)cnc34)ccc2F)(C(F)F)[C@H]2C[C@H]2O1. The molecule has 3 aromatic rings. The first-order valence-electron chi connectivity index (χ1n) is 11.3. The lowest BCUT2D eigenvalue weighted by Gasteiger charge is -2.33. The van der Waals surface area contributed by atoms with E-state index in [0.29, 0.717) is 35.5 Å². The van der Waals surface area contributed by atoms with Crippen molar-refractivity contribution in [3.63, 3.8) is 0 Å². The van der Waals surface area contributed by atoms with E-state index in [0.717, 1.165) is 23.8 Å². The molecule has 0 spiro atoms. The van der Waals surface area contributed by atoms with Crippen LogP contribution in [0, 0.1) is 29.5 Å². The van der Waals surface area contributed by atoms with Gasteiger partial charge in [-0.25, -0.2) is 18.2 Å².